The highest BCUT2D eigenvalue weighted by Crippen LogP contribution is 2.31. The molecule has 1 saturated carbocycles. The molecule has 1 N–H and O–H groups in total. The van der Waals surface area contributed by atoms with E-state index in [0.29, 0.717) is 19.4 Å². The topological polar surface area (TPSA) is 64.6 Å². The van der Waals surface area contributed by atoms with Crippen molar-refractivity contribution in [1.29, 1.82) is 0 Å². The molecule has 0 aromatic rings. The van der Waals surface area contributed by atoms with Gasteiger partial charge < -0.3 is 14.8 Å². The number of amides is 1. The van der Waals surface area contributed by atoms with Gasteiger partial charge in [0.25, 0.3) is 0 Å². The van der Waals surface area contributed by atoms with Crippen molar-refractivity contribution in [3.05, 3.63) is 0 Å². The third-order valence-electron chi connectivity index (χ3n) is 2.87. The highest BCUT2D eigenvalue weighted by atomic mass is 16.6. The molecule has 0 spiro atoms. The van der Waals surface area contributed by atoms with Crippen molar-refractivity contribution in [1.82, 2.24) is 5.32 Å². The van der Waals surface area contributed by atoms with Gasteiger partial charge in [0.1, 0.15) is 11.4 Å². The molecule has 0 aromatic heterocycles. The lowest BCUT2D eigenvalue weighted by molar-refractivity contribution is -0.120. The molecule has 19 heavy (non-hydrogen) atoms. The number of ether oxygens (including phenoxy) is 2. The number of rotatable bonds is 7. The van der Waals surface area contributed by atoms with Crippen LogP contribution in [-0.2, 0) is 14.3 Å². The first kappa shape index (κ1) is 16.0. The Morgan fingerprint density at radius 3 is 2.42 bits per heavy atom. The highest BCUT2D eigenvalue weighted by molar-refractivity contribution is 5.84. The molecule has 0 aliphatic heterocycles. The average Bonchev–Trinajstić information content (AvgIpc) is 3.06. The molecule has 0 heterocycles. The summed E-state index contributed by atoms with van der Waals surface area (Å²) in [6.07, 6.45) is 2.49. The van der Waals surface area contributed by atoms with Crippen LogP contribution < -0.4 is 5.32 Å². The second-order valence-electron chi connectivity index (χ2n) is 6.07. The van der Waals surface area contributed by atoms with Gasteiger partial charge in [0.05, 0.1) is 0 Å². The standard InChI is InChI=1S/C14H25NO4/c1-14(2,3)19-13(17)15-11(7-8-18-4)9-12(16)10-5-6-10/h10-11H,5-9H2,1-4H3,(H,15,17). The van der Waals surface area contributed by atoms with Gasteiger partial charge in [0.15, 0.2) is 0 Å². The number of nitrogens with one attached hydrogen (secondary N) is 1. The van der Waals surface area contributed by atoms with Crippen LogP contribution in [0.15, 0.2) is 0 Å². The first-order chi connectivity index (χ1) is 8.81. The van der Waals surface area contributed by atoms with Crippen LogP contribution in [0.3, 0.4) is 0 Å². The Kier molecular flexibility index (Phi) is 5.79. The second kappa shape index (κ2) is 6.89. The van der Waals surface area contributed by atoms with E-state index in [4.69, 9.17) is 9.47 Å². The lowest BCUT2D eigenvalue weighted by Crippen LogP contribution is -2.41. The quantitative estimate of drug-likeness (QED) is 0.771. The largest absolute Gasteiger partial charge is 0.444 e. The van der Waals surface area contributed by atoms with Crippen molar-refractivity contribution < 1.29 is 19.1 Å². The van der Waals surface area contributed by atoms with E-state index in [1.807, 2.05) is 20.8 Å². The number of methoxy groups -OCH3 is 1. The fourth-order valence-electron chi connectivity index (χ4n) is 1.77. The maximum absolute atomic E-state index is 11.8. The predicted molar refractivity (Wildman–Crippen MR) is 72.0 cm³/mol. The summed E-state index contributed by atoms with van der Waals surface area (Å²) in [5, 5.41) is 2.76. The predicted octanol–water partition coefficient (Wildman–Crippen LogP) is 2.29. The van der Waals surface area contributed by atoms with Gasteiger partial charge in [-0.25, -0.2) is 4.79 Å². The lowest BCUT2D eigenvalue weighted by atomic mass is 10.0. The molecule has 1 aliphatic rings. The molecule has 110 valence electrons. The van der Waals surface area contributed by atoms with E-state index in [9.17, 15) is 9.59 Å². The van der Waals surface area contributed by atoms with Gasteiger partial charge in [0, 0.05) is 32.1 Å². The van der Waals surface area contributed by atoms with E-state index in [0.717, 1.165) is 12.8 Å². The molecule has 0 radical (unpaired) electrons. The van der Waals surface area contributed by atoms with E-state index in [1.165, 1.54) is 0 Å². The zero-order valence-electron chi connectivity index (χ0n) is 12.3. The van der Waals surface area contributed by atoms with Crippen molar-refractivity contribution in [2.24, 2.45) is 5.92 Å². The molecule has 1 amide bonds. The fourth-order valence-corrected chi connectivity index (χ4v) is 1.77. The summed E-state index contributed by atoms with van der Waals surface area (Å²) in [5.74, 6) is 0.447. The van der Waals surface area contributed by atoms with E-state index in [-0.39, 0.29) is 17.7 Å². The molecule has 0 saturated heterocycles. The zero-order valence-corrected chi connectivity index (χ0v) is 12.3. The van der Waals surface area contributed by atoms with Crippen LogP contribution in [0.2, 0.25) is 0 Å². The second-order valence-corrected chi connectivity index (χ2v) is 6.07. The summed E-state index contributed by atoms with van der Waals surface area (Å²) in [4.78, 5) is 23.5. The van der Waals surface area contributed by atoms with Gasteiger partial charge in [-0.2, -0.15) is 0 Å². The van der Waals surface area contributed by atoms with Gasteiger partial charge >= 0.3 is 6.09 Å². The van der Waals surface area contributed by atoms with Gasteiger partial charge in [0.2, 0.25) is 0 Å². The van der Waals surface area contributed by atoms with Gasteiger partial charge in [-0.1, -0.05) is 0 Å². The zero-order chi connectivity index (χ0) is 14.5. The number of carbonyl (C=O) groups excluding carboxylic acids is 2. The minimum absolute atomic E-state index is 0.206. The van der Waals surface area contributed by atoms with Crippen LogP contribution in [0, 0.1) is 5.92 Å². The molecule has 0 bridgehead atoms. The maximum Gasteiger partial charge on any atom is 0.407 e. The Bertz CT molecular complexity index is 318. The number of hydrogen-bond acceptors (Lipinski definition) is 4. The Balaban J connectivity index is 2.43. The third-order valence-corrected chi connectivity index (χ3v) is 2.87. The normalized spacial score (nSPS) is 16.8. The SMILES string of the molecule is COCCC(CC(=O)C1CC1)NC(=O)OC(C)(C)C. The van der Waals surface area contributed by atoms with Crippen LogP contribution >= 0.6 is 0 Å². The van der Waals surface area contributed by atoms with E-state index >= 15 is 0 Å². The number of Topliss-reactive ketones (excluding diaryl/α,β-unsaturated/α-hetero) is 1. The molecular weight excluding hydrogens is 246 g/mol. The molecular formula is C14H25NO4. The van der Waals surface area contributed by atoms with E-state index in [1.54, 1.807) is 7.11 Å². The van der Waals surface area contributed by atoms with Crippen molar-refractivity contribution >= 4 is 11.9 Å². The summed E-state index contributed by atoms with van der Waals surface area (Å²) in [6, 6.07) is -0.206. The summed E-state index contributed by atoms with van der Waals surface area (Å²) in [6.45, 7) is 5.95. The van der Waals surface area contributed by atoms with Crippen molar-refractivity contribution in [2.75, 3.05) is 13.7 Å². The molecule has 0 aromatic carbocycles. The minimum atomic E-state index is -0.531. The summed E-state index contributed by atoms with van der Waals surface area (Å²) < 4.78 is 10.2. The molecule has 1 aliphatic carbocycles. The van der Waals surface area contributed by atoms with Crippen LogP contribution in [-0.4, -0.2) is 37.2 Å². The lowest BCUT2D eigenvalue weighted by Gasteiger charge is -2.23. The number of alkyl carbamates (subject to hydrolysis) is 1. The van der Waals surface area contributed by atoms with Crippen molar-refractivity contribution in [2.45, 2.75) is 58.1 Å². The molecule has 5 nitrogen and oxygen atoms in total. The summed E-state index contributed by atoms with van der Waals surface area (Å²) >= 11 is 0. The van der Waals surface area contributed by atoms with Crippen LogP contribution in [0.1, 0.15) is 46.5 Å². The molecule has 1 rings (SSSR count). The first-order valence-electron chi connectivity index (χ1n) is 6.83. The van der Waals surface area contributed by atoms with Gasteiger partial charge in [-0.15, -0.1) is 0 Å². The van der Waals surface area contributed by atoms with Crippen LogP contribution in [0.4, 0.5) is 4.79 Å². The molecule has 1 atom stereocenters. The Hall–Kier alpha value is -1.10. The highest BCUT2D eigenvalue weighted by Gasteiger charge is 2.31. The van der Waals surface area contributed by atoms with E-state index in [2.05, 4.69) is 5.32 Å². The van der Waals surface area contributed by atoms with Gasteiger partial charge in [-0.05, 0) is 40.0 Å². The van der Waals surface area contributed by atoms with E-state index < -0.39 is 11.7 Å². The Morgan fingerprint density at radius 2 is 1.95 bits per heavy atom. The molecule has 1 unspecified atom stereocenters. The minimum Gasteiger partial charge on any atom is -0.444 e. The average molecular weight is 271 g/mol. The number of ketones is 1. The van der Waals surface area contributed by atoms with Crippen molar-refractivity contribution in [3.8, 4) is 0 Å². The van der Waals surface area contributed by atoms with Crippen LogP contribution in [0.25, 0.3) is 0 Å². The molecule has 5 heteroatoms. The third kappa shape index (κ3) is 7.15. The smallest absolute Gasteiger partial charge is 0.407 e. The maximum atomic E-state index is 11.8. The molecule has 1 fully saturated rings. The number of carbonyl (C=O) groups is 2. The Labute approximate surface area is 115 Å². The summed E-state index contributed by atoms with van der Waals surface area (Å²) in [5.41, 5.74) is -0.531. The van der Waals surface area contributed by atoms with Crippen LogP contribution in [0.5, 0.6) is 0 Å². The van der Waals surface area contributed by atoms with Crippen molar-refractivity contribution in [3.63, 3.8) is 0 Å². The monoisotopic (exact) mass is 271 g/mol. The fraction of sp³-hybridized carbons (Fsp3) is 0.857. The first-order valence-corrected chi connectivity index (χ1v) is 6.83. The Morgan fingerprint density at radius 1 is 1.32 bits per heavy atom. The summed E-state index contributed by atoms with van der Waals surface area (Å²) in [7, 11) is 1.60. The number of hydrogen-bond donors (Lipinski definition) is 1. The van der Waals surface area contributed by atoms with Gasteiger partial charge in [-0.3, -0.25) is 4.79 Å².